The van der Waals surface area contributed by atoms with Gasteiger partial charge in [-0.3, -0.25) is 0 Å². The molecule has 1 atom stereocenters. The van der Waals surface area contributed by atoms with E-state index >= 15 is 0 Å². The highest BCUT2D eigenvalue weighted by molar-refractivity contribution is 5.47. The Kier molecular flexibility index (Phi) is 4.00. The van der Waals surface area contributed by atoms with E-state index in [9.17, 15) is 0 Å². The molecule has 1 rings (SSSR count). The van der Waals surface area contributed by atoms with E-state index in [2.05, 4.69) is 25.2 Å². The highest BCUT2D eigenvalue weighted by atomic mass is 14.9. The fourth-order valence-electron chi connectivity index (χ4n) is 1.10. The second-order valence-corrected chi connectivity index (χ2v) is 3.58. The van der Waals surface area contributed by atoms with Gasteiger partial charge in [0.25, 0.3) is 0 Å². The lowest BCUT2D eigenvalue weighted by Crippen LogP contribution is -2.09. The van der Waals surface area contributed by atoms with Crippen LogP contribution in [0.15, 0.2) is 24.3 Å². The summed E-state index contributed by atoms with van der Waals surface area (Å²) >= 11 is 0. The van der Waals surface area contributed by atoms with Crippen molar-refractivity contribution >= 4 is 5.69 Å². The van der Waals surface area contributed by atoms with Gasteiger partial charge >= 0.3 is 0 Å². The SMILES string of the molecule is CCC(C)CNc1ccc(C#N)cc1. The van der Waals surface area contributed by atoms with Crippen molar-refractivity contribution in [2.75, 3.05) is 11.9 Å². The summed E-state index contributed by atoms with van der Waals surface area (Å²) in [4.78, 5) is 0. The predicted molar refractivity (Wildman–Crippen MR) is 59.1 cm³/mol. The van der Waals surface area contributed by atoms with Crippen molar-refractivity contribution < 1.29 is 0 Å². The summed E-state index contributed by atoms with van der Waals surface area (Å²) in [6.45, 7) is 5.39. The van der Waals surface area contributed by atoms with Crippen LogP contribution in [-0.4, -0.2) is 6.54 Å². The van der Waals surface area contributed by atoms with Crippen molar-refractivity contribution in [1.82, 2.24) is 0 Å². The van der Waals surface area contributed by atoms with Crippen molar-refractivity contribution in [3.8, 4) is 6.07 Å². The van der Waals surface area contributed by atoms with Crippen LogP contribution in [0.4, 0.5) is 5.69 Å². The lowest BCUT2D eigenvalue weighted by molar-refractivity contribution is 0.593. The van der Waals surface area contributed by atoms with E-state index < -0.39 is 0 Å². The quantitative estimate of drug-likeness (QED) is 0.788. The zero-order chi connectivity index (χ0) is 10.4. The highest BCUT2D eigenvalue weighted by Crippen LogP contribution is 2.10. The van der Waals surface area contributed by atoms with Gasteiger partial charge in [-0.1, -0.05) is 20.3 Å². The Morgan fingerprint density at radius 1 is 1.36 bits per heavy atom. The molecule has 0 aliphatic heterocycles. The molecule has 0 aromatic heterocycles. The Morgan fingerprint density at radius 2 is 2.00 bits per heavy atom. The third-order valence-corrected chi connectivity index (χ3v) is 2.37. The second kappa shape index (κ2) is 5.29. The predicted octanol–water partition coefficient (Wildman–Crippen LogP) is 3.02. The van der Waals surface area contributed by atoms with E-state index in [0.717, 1.165) is 12.2 Å². The van der Waals surface area contributed by atoms with E-state index in [1.54, 1.807) is 0 Å². The van der Waals surface area contributed by atoms with Crippen LogP contribution in [-0.2, 0) is 0 Å². The summed E-state index contributed by atoms with van der Waals surface area (Å²) in [7, 11) is 0. The molecule has 0 spiro atoms. The van der Waals surface area contributed by atoms with Gasteiger partial charge in [0.15, 0.2) is 0 Å². The Morgan fingerprint density at radius 3 is 2.50 bits per heavy atom. The van der Waals surface area contributed by atoms with Crippen molar-refractivity contribution in [2.24, 2.45) is 5.92 Å². The van der Waals surface area contributed by atoms with Crippen molar-refractivity contribution in [3.63, 3.8) is 0 Å². The van der Waals surface area contributed by atoms with Crippen LogP contribution in [0.25, 0.3) is 0 Å². The van der Waals surface area contributed by atoms with Crippen LogP contribution < -0.4 is 5.32 Å². The molecule has 14 heavy (non-hydrogen) atoms. The zero-order valence-corrected chi connectivity index (χ0v) is 8.75. The van der Waals surface area contributed by atoms with Crippen LogP contribution in [0.1, 0.15) is 25.8 Å². The van der Waals surface area contributed by atoms with Crippen molar-refractivity contribution in [2.45, 2.75) is 20.3 Å². The molecule has 0 aliphatic carbocycles. The first-order chi connectivity index (χ1) is 6.76. The van der Waals surface area contributed by atoms with Gasteiger partial charge in [0.05, 0.1) is 11.6 Å². The number of nitrogens with zero attached hydrogens (tertiary/aromatic N) is 1. The molecule has 1 aromatic rings. The van der Waals surface area contributed by atoms with Crippen LogP contribution in [0.3, 0.4) is 0 Å². The fraction of sp³-hybridized carbons (Fsp3) is 0.417. The van der Waals surface area contributed by atoms with E-state index in [0.29, 0.717) is 11.5 Å². The standard InChI is InChI=1S/C12H16N2/c1-3-10(2)9-14-12-6-4-11(8-13)5-7-12/h4-7,10,14H,3,9H2,1-2H3. The van der Waals surface area contributed by atoms with E-state index in [1.807, 2.05) is 24.3 Å². The highest BCUT2D eigenvalue weighted by Gasteiger charge is 1.98. The monoisotopic (exact) mass is 188 g/mol. The van der Waals surface area contributed by atoms with Crippen LogP contribution in [0.5, 0.6) is 0 Å². The summed E-state index contributed by atoms with van der Waals surface area (Å²) in [6.07, 6.45) is 1.18. The molecule has 2 nitrogen and oxygen atoms in total. The molecule has 0 heterocycles. The summed E-state index contributed by atoms with van der Waals surface area (Å²) in [6, 6.07) is 9.66. The van der Waals surface area contributed by atoms with Crippen LogP contribution in [0, 0.1) is 17.2 Å². The molecule has 1 N–H and O–H groups in total. The van der Waals surface area contributed by atoms with E-state index in [-0.39, 0.29) is 0 Å². The number of anilines is 1. The lowest BCUT2D eigenvalue weighted by Gasteiger charge is -2.10. The Bertz CT molecular complexity index is 308. The minimum atomic E-state index is 0.686. The molecule has 1 aromatic carbocycles. The molecule has 0 radical (unpaired) electrons. The summed E-state index contributed by atoms with van der Waals surface area (Å²) < 4.78 is 0. The molecule has 0 fully saturated rings. The maximum Gasteiger partial charge on any atom is 0.0991 e. The normalized spacial score (nSPS) is 11.8. The maximum absolute atomic E-state index is 8.61. The molecule has 74 valence electrons. The number of nitriles is 1. The van der Waals surface area contributed by atoms with Crippen LogP contribution >= 0.6 is 0 Å². The van der Waals surface area contributed by atoms with Gasteiger partial charge in [0.2, 0.25) is 0 Å². The van der Waals surface area contributed by atoms with Crippen molar-refractivity contribution in [1.29, 1.82) is 5.26 Å². The minimum absolute atomic E-state index is 0.686. The third-order valence-electron chi connectivity index (χ3n) is 2.37. The van der Waals surface area contributed by atoms with Gasteiger partial charge < -0.3 is 5.32 Å². The lowest BCUT2D eigenvalue weighted by atomic mass is 10.1. The third kappa shape index (κ3) is 3.10. The van der Waals surface area contributed by atoms with Crippen LogP contribution in [0.2, 0.25) is 0 Å². The first-order valence-corrected chi connectivity index (χ1v) is 5.00. The molecule has 0 amide bonds. The average Bonchev–Trinajstić information content (AvgIpc) is 2.26. The Balaban J connectivity index is 2.49. The molecule has 2 heteroatoms. The van der Waals surface area contributed by atoms with Crippen molar-refractivity contribution in [3.05, 3.63) is 29.8 Å². The largest absolute Gasteiger partial charge is 0.385 e. The van der Waals surface area contributed by atoms with Gasteiger partial charge in [-0.05, 0) is 30.2 Å². The summed E-state index contributed by atoms with van der Waals surface area (Å²) in [5.41, 5.74) is 1.79. The van der Waals surface area contributed by atoms with Gasteiger partial charge in [-0.15, -0.1) is 0 Å². The van der Waals surface area contributed by atoms with Gasteiger partial charge in [0, 0.05) is 12.2 Å². The average molecular weight is 188 g/mol. The number of nitrogens with one attached hydrogen (secondary N) is 1. The number of benzene rings is 1. The van der Waals surface area contributed by atoms with E-state index in [1.165, 1.54) is 6.42 Å². The number of hydrogen-bond acceptors (Lipinski definition) is 2. The zero-order valence-electron chi connectivity index (χ0n) is 8.75. The second-order valence-electron chi connectivity index (χ2n) is 3.58. The molecule has 0 aliphatic rings. The molecular weight excluding hydrogens is 172 g/mol. The molecule has 1 unspecified atom stereocenters. The molecule has 0 saturated heterocycles. The van der Waals surface area contributed by atoms with Gasteiger partial charge in [-0.25, -0.2) is 0 Å². The first-order valence-electron chi connectivity index (χ1n) is 5.00. The summed E-state index contributed by atoms with van der Waals surface area (Å²) in [5.74, 6) is 0.686. The van der Waals surface area contributed by atoms with Gasteiger partial charge in [0.1, 0.15) is 0 Å². The fourth-order valence-corrected chi connectivity index (χ4v) is 1.10. The molecule has 0 saturated carbocycles. The van der Waals surface area contributed by atoms with E-state index in [4.69, 9.17) is 5.26 Å². The summed E-state index contributed by atoms with van der Waals surface area (Å²) in [5, 5.41) is 12.0. The number of rotatable bonds is 4. The minimum Gasteiger partial charge on any atom is -0.385 e. The maximum atomic E-state index is 8.61. The Labute approximate surface area is 85.6 Å². The molecular formula is C12H16N2. The number of hydrogen-bond donors (Lipinski definition) is 1. The topological polar surface area (TPSA) is 35.8 Å². The first kappa shape index (κ1) is 10.6. The van der Waals surface area contributed by atoms with Gasteiger partial charge in [-0.2, -0.15) is 5.26 Å². The Hall–Kier alpha value is -1.49. The smallest absolute Gasteiger partial charge is 0.0991 e. The molecule has 0 bridgehead atoms.